The summed E-state index contributed by atoms with van der Waals surface area (Å²) in [5.74, 6) is 5.56. The van der Waals surface area contributed by atoms with Crippen molar-refractivity contribution in [3.05, 3.63) is 29.8 Å². The Morgan fingerprint density at radius 1 is 1.43 bits per heavy atom. The van der Waals surface area contributed by atoms with Gasteiger partial charge in [-0.2, -0.15) is 9.57 Å². The van der Waals surface area contributed by atoms with Crippen molar-refractivity contribution >= 4 is 10.0 Å². The summed E-state index contributed by atoms with van der Waals surface area (Å²) in [6.07, 6.45) is 0.474. The van der Waals surface area contributed by atoms with Crippen LogP contribution in [0.5, 0.6) is 0 Å². The Kier molecular flexibility index (Phi) is 6.39. The van der Waals surface area contributed by atoms with Crippen LogP contribution in [-0.2, 0) is 10.0 Å². The molecule has 0 bridgehead atoms. The third-order valence-electron chi connectivity index (χ3n) is 2.99. The summed E-state index contributed by atoms with van der Waals surface area (Å²) in [6, 6.07) is 7.90. The number of sulfonamides is 1. The summed E-state index contributed by atoms with van der Waals surface area (Å²) in [7, 11) is -2.19. The summed E-state index contributed by atoms with van der Waals surface area (Å²) < 4.78 is 26.1. The standard InChI is InChI=1S/C15H18N2O3S/c1-13(9-10-16)17(2)21(19,20)15-8-5-7-14(12-15)6-3-4-11-18/h5,7-8,12-13,18H,4,9,11H2,1-2H3. The predicted octanol–water partition coefficient (Wildman–Crippen LogP) is 1.34. The minimum absolute atomic E-state index is 0.0284. The lowest BCUT2D eigenvalue weighted by atomic mass is 10.2. The summed E-state index contributed by atoms with van der Waals surface area (Å²) in [5.41, 5.74) is 0.575. The van der Waals surface area contributed by atoms with Gasteiger partial charge in [-0.3, -0.25) is 0 Å². The number of nitriles is 1. The number of aliphatic hydroxyl groups excluding tert-OH is 1. The van der Waals surface area contributed by atoms with E-state index in [-0.39, 0.29) is 17.9 Å². The lowest BCUT2D eigenvalue weighted by Gasteiger charge is -2.22. The van der Waals surface area contributed by atoms with Crippen LogP contribution in [0.1, 0.15) is 25.3 Å². The van der Waals surface area contributed by atoms with E-state index in [4.69, 9.17) is 10.4 Å². The van der Waals surface area contributed by atoms with Crippen LogP contribution in [0.15, 0.2) is 29.2 Å². The molecule has 1 atom stereocenters. The van der Waals surface area contributed by atoms with E-state index in [0.29, 0.717) is 12.0 Å². The zero-order chi connectivity index (χ0) is 15.9. The van der Waals surface area contributed by atoms with E-state index in [1.54, 1.807) is 19.1 Å². The lowest BCUT2D eigenvalue weighted by molar-refractivity contribution is 0.305. The number of nitrogens with zero attached hydrogens (tertiary/aromatic N) is 2. The number of aliphatic hydroxyl groups is 1. The molecule has 0 aliphatic heterocycles. The summed E-state index contributed by atoms with van der Waals surface area (Å²) in [6.45, 7) is 1.66. The third kappa shape index (κ3) is 4.57. The number of hydrogen-bond donors (Lipinski definition) is 1. The number of rotatable bonds is 5. The molecule has 1 N–H and O–H groups in total. The topological polar surface area (TPSA) is 81.4 Å². The van der Waals surface area contributed by atoms with Crippen molar-refractivity contribution in [1.82, 2.24) is 4.31 Å². The Labute approximate surface area is 125 Å². The van der Waals surface area contributed by atoms with Gasteiger partial charge in [-0.15, -0.1) is 0 Å². The molecular formula is C15H18N2O3S. The zero-order valence-corrected chi connectivity index (χ0v) is 12.9. The molecule has 1 rings (SSSR count). The van der Waals surface area contributed by atoms with E-state index < -0.39 is 16.1 Å². The van der Waals surface area contributed by atoms with Crippen LogP contribution in [0.3, 0.4) is 0 Å². The molecule has 6 heteroatoms. The fourth-order valence-electron chi connectivity index (χ4n) is 1.62. The second-order valence-electron chi connectivity index (χ2n) is 4.54. The molecule has 0 saturated carbocycles. The molecule has 0 aliphatic carbocycles. The van der Waals surface area contributed by atoms with Crippen LogP contribution >= 0.6 is 0 Å². The SMILES string of the molecule is CC(CC#N)N(C)S(=O)(=O)c1cccc(C#CCCO)c1. The molecule has 0 saturated heterocycles. The van der Waals surface area contributed by atoms with Crippen LogP contribution in [0, 0.1) is 23.2 Å². The summed E-state index contributed by atoms with van der Waals surface area (Å²) in [5, 5.41) is 17.4. The first kappa shape index (κ1) is 17.2. The van der Waals surface area contributed by atoms with Gasteiger partial charge in [0.2, 0.25) is 10.0 Å². The average molecular weight is 306 g/mol. The van der Waals surface area contributed by atoms with E-state index in [9.17, 15) is 8.42 Å². The molecule has 5 nitrogen and oxygen atoms in total. The van der Waals surface area contributed by atoms with E-state index >= 15 is 0 Å². The fraction of sp³-hybridized carbons (Fsp3) is 0.400. The molecule has 0 amide bonds. The molecule has 21 heavy (non-hydrogen) atoms. The Morgan fingerprint density at radius 3 is 2.76 bits per heavy atom. The van der Waals surface area contributed by atoms with Gasteiger partial charge in [-0.05, 0) is 25.1 Å². The molecule has 0 radical (unpaired) electrons. The second kappa shape index (κ2) is 7.80. The molecule has 0 spiro atoms. The Morgan fingerprint density at radius 2 is 2.14 bits per heavy atom. The number of benzene rings is 1. The minimum atomic E-state index is -3.65. The van der Waals surface area contributed by atoms with Gasteiger partial charge in [0.1, 0.15) is 0 Å². The normalized spacial score (nSPS) is 12.3. The van der Waals surface area contributed by atoms with Crippen LogP contribution in [0.4, 0.5) is 0 Å². The largest absolute Gasteiger partial charge is 0.395 e. The minimum Gasteiger partial charge on any atom is -0.395 e. The molecule has 0 fully saturated rings. The van der Waals surface area contributed by atoms with Gasteiger partial charge < -0.3 is 5.11 Å². The molecule has 1 unspecified atom stereocenters. The van der Waals surface area contributed by atoms with Gasteiger partial charge in [0.05, 0.1) is 24.0 Å². The van der Waals surface area contributed by atoms with Crippen LogP contribution in [-0.4, -0.2) is 37.5 Å². The van der Waals surface area contributed by atoms with Crippen molar-refractivity contribution in [2.24, 2.45) is 0 Å². The highest BCUT2D eigenvalue weighted by Gasteiger charge is 2.25. The molecule has 0 aromatic heterocycles. The van der Waals surface area contributed by atoms with Crippen molar-refractivity contribution in [3.63, 3.8) is 0 Å². The van der Waals surface area contributed by atoms with Crippen LogP contribution in [0.2, 0.25) is 0 Å². The number of hydrogen-bond acceptors (Lipinski definition) is 4. The molecule has 112 valence electrons. The highest BCUT2D eigenvalue weighted by Crippen LogP contribution is 2.18. The van der Waals surface area contributed by atoms with Crippen molar-refractivity contribution in [3.8, 4) is 17.9 Å². The molecular weight excluding hydrogens is 288 g/mol. The van der Waals surface area contributed by atoms with E-state index in [0.717, 1.165) is 0 Å². The van der Waals surface area contributed by atoms with Gasteiger partial charge in [0.25, 0.3) is 0 Å². The van der Waals surface area contributed by atoms with E-state index in [1.807, 2.05) is 6.07 Å². The van der Waals surface area contributed by atoms with Crippen LogP contribution in [0.25, 0.3) is 0 Å². The zero-order valence-electron chi connectivity index (χ0n) is 12.1. The Bertz CT molecular complexity index is 681. The summed E-state index contributed by atoms with van der Waals surface area (Å²) >= 11 is 0. The Balaban J connectivity index is 3.08. The monoisotopic (exact) mass is 306 g/mol. The predicted molar refractivity (Wildman–Crippen MR) is 79.7 cm³/mol. The molecule has 1 aromatic rings. The van der Waals surface area contributed by atoms with Crippen molar-refractivity contribution in [2.75, 3.05) is 13.7 Å². The third-order valence-corrected chi connectivity index (χ3v) is 4.96. The van der Waals surface area contributed by atoms with Gasteiger partial charge >= 0.3 is 0 Å². The van der Waals surface area contributed by atoms with Crippen LogP contribution < -0.4 is 0 Å². The van der Waals surface area contributed by atoms with Gasteiger partial charge in [-0.1, -0.05) is 17.9 Å². The van der Waals surface area contributed by atoms with Gasteiger partial charge in [-0.25, -0.2) is 8.42 Å². The van der Waals surface area contributed by atoms with E-state index in [2.05, 4.69) is 11.8 Å². The molecule has 0 heterocycles. The smallest absolute Gasteiger partial charge is 0.243 e. The van der Waals surface area contributed by atoms with E-state index in [1.165, 1.54) is 23.5 Å². The van der Waals surface area contributed by atoms with Gasteiger partial charge in [0, 0.05) is 25.1 Å². The lowest BCUT2D eigenvalue weighted by Crippen LogP contribution is -2.34. The highest BCUT2D eigenvalue weighted by molar-refractivity contribution is 7.89. The second-order valence-corrected chi connectivity index (χ2v) is 6.53. The first-order valence-corrected chi connectivity index (χ1v) is 7.92. The van der Waals surface area contributed by atoms with Gasteiger partial charge in [0.15, 0.2) is 0 Å². The van der Waals surface area contributed by atoms with Crippen molar-refractivity contribution in [1.29, 1.82) is 5.26 Å². The maximum atomic E-state index is 12.5. The maximum Gasteiger partial charge on any atom is 0.243 e. The molecule has 0 aliphatic rings. The van der Waals surface area contributed by atoms with Crippen molar-refractivity contribution < 1.29 is 13.5 Å². The molecule has 1 aromatic carbocycles. The summed E-state index contributed by atoms with van der Waals surface area (Å²) in [4.78, 5) is 0.144. The highest BCUT2D eigenvalue weighted by atomic mass is 32.2. The fourth-order valence-corrected chi connectivity index (χ4v) is 3.03. The first-order chi connectivity index (χ1) is 9.93. The Hall–Kier alpha value is -1.86. The first-order valence-electron chi connectivity index (χ1n) is 6.48. The maximum absolute atomic E-state index is 12.5. The quantitative estimate of drug-likeness (QED) is 0.832. The van der Waals surface area contributed by atoms with Crippen molar-refractivity contribution in [2.45, 2.75) is 30.7 Å². The average Bonchev–Trinajstić information content (AvgIpc) is 2.47.